The summed E-state index contributed by atoms with van der Waals surface area (Å²) in [6.07, 6.45) is 1.10. The molecule has 0 aliphatic carbocycles. The van der Waals surface area contributed by atoms with Crippen molar-refractivity contribution in [1.29, 1.82) is 0 Å². The molecule has 1 aliphatic rings. The summed E-state index contributed by atoms with van der Waals surface area (Å²) in [6.45, 7) is -0.717. The van der Waals surface area contributed by atoms with Gasteiger partial charge in [0.05, 0.1) is 11.0 Å². The van der Waals surface area contributed by atoms with Crippen molar-refractivity contribution in [2.24, 2.45) is 0 Å². The molecule has 4 nitrogen and oxygen atoms in total. The standard InChI is InChI=1S/C20H22F2N4/c1-24(2)16-10-11-25(13-16)15-7-5-6-14(12-15)19-23-17-8-3-4-9-18(17)26(19)20(21)22/h3-9,12,16,20H,10-11,13H2,1-2H3. The molecule has 1 aromatic heterocycles. The number of fused-ring (bicyclic) bond motifs is 1. The van der Waals surface area contributed by atoms with E-state index in [1.54, 1.807) is 18.2 Å². The van der Waals surface area contributed by atoms with Gasteiger partial charge in [0.15, 0.2) is 0 Å². The van der Waals surface area contributed by atoms with Crippen molar-refractivity contribution in [2.75, 3.05) is 32.1 Å². The number of rotatable bonds is 4. The average Bonchev–Trinajstić information content (AvgIpc) is 3.27. The third-order valence-corrected chi connectivity index (χ3v) is 5.15. The molecular weight excluding hydrogens is 334 g/mol. The average molecular weight is 356 g/mol. The Labute approximate surface area is 151 Å². The van der Waals surface area contributed by atoms with E-state index in [1.807, 2.05) is 30.3 Å². The molecule has 1 unspecified atom stereocenters. The molecule has 0 radical (unpaired) electrons. The van der Waals surface area contributed by atoms with Gasteiger partial charge < -0.3 is 9.80 Å². The third-order valence-electron chi connectivity index (χ3n) is 5.15. The Morgan fingerprint density at radius 1 is 1.12 bits per heavy atom. The molecule has 6 heteroatoms. The van der Waals surface area contributed by atoms with Gasteiger partial charge in [0.1, 0.15) is 5.82 Å². The van der Waals surface area contributed by atoms with Crippen LogP contribution in [0.3, 0.4) is 0 Å². The number of benzene rings is 2. The second kappa shape index (κ2) is 6.68. The maximum absolute atomic E-state index is 13.7. The third kappa shape index (κ3) is 2.94. The number of hydrogen-bond donors (Lipinski definition) is 0. The first-order chi connectivity index (χ1) is 12.5. The van der Waals surface area contributed by atoms with Gasteiger partial charge >= 0.3 is 6.55 Å². The Hall–Kier alpha value is -2.47. The van der Waals surface area contributed by atoms with Gasteiger partial charge in [-0.2, -0.15) is 8.78 Å². The number of nitrogens with zero attached hydrogens (tertiary/aromatic N) is 4. The fraction of sp³-hybridized carbons (Fsp3) is 0.350. The quantitative estimate of drug-likeness (QED) is 0.699. The van der Waals surface area contributed by atoms with Crippen LogP contribution in [-0.2, 0) is 0 Å². The van der Waals surface area contributed by atoms with E-state index in [2.05, 4.69) is 28.9 Å². The Balaban J connectivity index is 1.74. The van der Waals surface area contributed by atoms with Gasteiger partial charge in [0.2, 0.25) is 0 Å². The lowest BCUT2D eigenvalue weighted by atomic mass is 10.1. The number of alkyl halides is 2. The summed E-state index contributed by atoms with van der Waals surface area (Å²) in [5.41, 5.74) is 2.81. The molecule has 0 amide bonds. The number of para-hydroxylation sites is 2. The van der Waals surface area contributed by atoms with Crippen LogP contribution < -0.4 is 4.90 Å². The summed E-state index contributed by atoms with van der Waals surface area (Å²) in [7, 11) is 4.19. The molecule has 3 aromatic rings. The second-order valence-electron chi connectivity index (χ2n) is 6.97. The minimum atomic E-state index is -2.63. The molecular formula is C20H22F2N4. The van der Waals surface area contributed by atoms with Crippen LogP contribution >= 0.6 is 0 Å². The van der Waals surface area contributed by atoms with Gasteiger partial charge in [-0.15, -0.1) is 0 Å². The van der Waals surface area contributed by atoms with E-state index in [9.17, 15) is 8.78 Å². The first-order valence-corrected chi connectivity index (χ1v) is 8.81. The van der Waals surface area contributed by atoms with Gasteiger partial charge in [-0.25, -0.2) is 4.98 Å². The summed E-state index contributed by atoms with van der Waals surface area (Å²) < 4.78 is 28.5. The predicted molar refractivity (Wildman–Crippen MR) is 101 cm³/mol. The molecule has 0 N–H and O–H groups in total. The van der Waals surface area contributed by atoms with Crippen molar-refractivity contribution in [3.05, 3.63) is 48.5 Å². The van der Waals surface area contributed by atoms with Crippen molar-refractivity contribution in [2.45, 2.75) is 19.0 Å². The summed E-state index contributed by atoms with van der Waals surface area (Å²) in [5.74, 6) is 0.311. The lowest BCUT2D eigenvalue weighted by Crippen LogP contribution is -2.31. The van der Waals surface area contributed by atoms with Crippen molar-refractivity contribution >= 4 is 16.7 Å². The van der Waals surface area contributed by atoms with Crippen molar-refractivity contribution in [3.8, 4) is 11.4 Å². The molecule has 2 heterocycles. The topological polar surface area (TPSA) is 24.3 Å². The van der Waals surface area contributed by atoms with E-state index in [0.717, 1.165) is 29.8 Å². The van der Waals surface area contributed by atoms with E-state index in [1.165, 1.54) is 0 Å². The fourth-order valence-corrected chi connectivity index (χ4v) is 3.69. The molecule has 2 aromatic carbocycles. The highest BCUT2D eigenvalue weighted by Gasteiger charge is 2.25. The zero-order valence-electron chi connectivity index (χ0n) is 14.9. The van der Waals surface area contributed by atoms with Gasteiger partial charge in [-0.3, -0.25) is 4.57 Å². The Morgan fingerprint density at radius 3 is 2.65 bits per heavy atom. The lowest BCUT2D eigenvalue weighted by Gasteiger charge is -2.22. The SMILES string of the molecule is CN(C)C1CCN(c2cccc(-c3nc4ccccc4n3C(F)F)c2)C1. The van der Waals surface area contributed by atoms with E-state index < -0.39 is 6.55 Å². The monoisotopic (exact) mass is 356 g/mol. The second-order valence-corrected chi connectivity index (χ2v) is 6.97. The van der Waals surface area contributed by atoms with E-state index in [-0.39, 0.29) is 0 Å². The molecule has 136 valence electrons. The fourth-order valence-electron chi connectivity index (χ4n) is 3.69. The van der Waals surface area contributed by atoms with Crippen LogP contribution in [-0.4, -0.2) is 47.7 Å². The molecule has 0 saturated carbocycles. The molecule has 1 aliphatic heterocycles. The Bertz CT molecular complexity index is 919. The summed E-state index contributed by atoms with van der Waals surface area (Å²) in [5, 5.41) is 0. The van der Waals surface area contributed by atoms with E-state index >= 15 is 0 Å². The largest absolute Gasteiger partial charge is 0.370 e. The summed E-state index contributed by atoms with van der Waals surface area (Å²) in [6, 6.07) is 15.3. The van der Waals surface area contributed by atoms with Crippen LogP contribution in [0.2, 0.25) is 0 Å². The number of anilines is 1. The highest BCUT2D eigenvalue weighted by molar-refractivity contribution is 5.81. The van der Waals surface area contributed by atoms with Gasteiger partial charge in [0, 0.05) is 30.4 Å². The highest BCUT2D eigenvalue weighted by atomic mass is 19.3. The molecule has 1 saturated heterocycles. The van der Waals surface area contributed by atoms with Crippen LogP contribution in [0.4, 0.5) is 14.5 Å². The number of aromatic nitrogens is 2. The Kier molecular flexibility index (Phi) is 4.36. The van der Waals surface area contributed by atoms with Gasteiger partial charge in [-0.05, 0) is 44.8 Å². The minimum absolute atomic E-state index is 0.311. The molecule has 0 bridgehead atoms. The van der Waals surface area contributed by atoms with Crippen LogP contribution in [0.1, 0.15) is 13.0 Å². The predicted octanol–water partition coefficient (Wildman–Crippen LogP) is 4.24. The van der Waals surface area contributed by atoms with Gasteiger partial charge in [-0.1, -0.05) is 24.3 Å². The molecule has 4 rings (SSSR count). The first-order valence-electron chi connectivity index (χ1n) is 8.81. The molecule has 1 atom stereocenters. The lowest BCUT2D eigenvalue weighted by molar-refractivity contribution is 0.0764. The Morgan fingerprint density at radius 2 is 1.92 bits per heavy atom. The normalized spacial score (nSPS) is 17.8. The number of likely N-dealkylation sites (N-methyl/N-ethyl adjacent to an activating group) is 1. The summed E-state index contributed by atoms with van der Waals surface area (Å²) in [4.78, 5) is 9.02. The maximum Gasteiger partial charge on any atom is 0.320 e. The molecule has 1 fully saturated rings. The highest BCUT2D eigenvalue weighted by Crippen LogP contribution is 2.32. The number of imidazole rings is 1. The van der Waals surface area contributed by atoms with Crippen molar-refractivity contribution in [3.63, 3.8) is 0 Å². The van der Waals surface area contributed by atoms with Crippen molar-refractivity contribution in [1.82, 2.24) is 14.5 Å². The van der Waals surface area contributed by atoms with Crippen molar-refractivity contribution < 1.29 is 8.78 Å². The van der Waals surface area contributed by atoms with E-state index in [0.29, 0.717) is 28.5 Å². The zero-order chi connectivity index (χ0) is 18.3. The smallest absolute Gasteiger partial charge is 0.320 e. The van der Waals surface area contributed by atoms with Crippen LogP contribution in [0, 0.1) is 0 Å². The number of hydrogen-bond acceptors (Lipinski definition) is 3. The molecule has 26 heavy (non-hydrogen) atoms. The van der Waals surface area contributed by atoms with Crippen LogP contribution in [0.25, 0.3) is 22.4 Å². The van der Waals surface area contributed by atoms with Crippen LogP contribution in [0.5, 0.6) is 0 Å². The molecule has 0 spiro atoms. The van der Waals surface area contributed by atoms with E-state index in [4.69, 9.17) is 0 Å². The summed E-state index contributed by atoms with van der Waals surface area (Å²) >= 11 is 0. The zero-order valence-corrected chi connectivity index (χ0v) is 14.9. The first kappa shape index (κ1) is 17.0. The van der Waals surface area contributed by atoms with Gasteiger partial charge in [0.25, 0.3) is 0 Å². The maximum atomic E-state index is 13.7. The number of halogens is 2. The van der Waals surface area contributed by atoms with Crippen LogP contribution in [0.15, 0.2) is 48.5 Å². The minimum Gasteiger partial charge on any atom is -0.370 e.